The molecule has 9 heteroatoms. The fraction of sp³-hybridized carbons (Fsp3) is 0.370. The number of aryl methyl sites for hydroxylation is 1. The molecule has 2 aromatic heterocycles. The van der Waals surface area contributed by atoms with Gasteiger partial charge in [-0.2, -0.15) is 5.10 Å². The molecule has 36 heavy (non-hydrogen) atoms. The van der Waals surface area contributed by atoms with Crippen molar-refractivity contribution in [2.24, 2.45) is 7.05 Å². The van der Waals surface area contributed by atoms with Crippen LogP contribution in [0.2, 0.25) is 0 Å². The van der Waals surface area contributed by atoms with Crippen LogP contribution in [0.5, 0.6) is 11.5 Å². The first-order valence-corrected chi connectivity index (χ1v) is 11.9. The zero-order valence-electron chi connectivity index (χ0n) is 21.5. The molecule has 2 heterocycles. The molecule has 0 amide bonds. The quantitative estimate of drug-likeness (QED) is 0.298. The van der Waals surface area contributed by atoms with Crippen molar-refractivity contribution in [3.05, 3.63) is 55.0 Å². The molecule has 2 aromatic carbocycles. The van der Waals surface area contributed by atoms with Gasteiger partial charge in [0.1, 0.15) is 18.2 Å². The smallest absolute Gasteiger partial charge is 0.124 e. The van der Waals surface area contributed by atoms with Gasteiger partial charge in [0.05, 0.1) is 43.3 Å². The van der Waals surface area contributed by atoms with Crippen molar-refractivity contribution in [3.63, 3.8) is 0 Å². The highest BCUT2D eigenvalue weighted by atomic mass is 19.1. The minimum Gasteiger partial charge on any atom is -0.497 e. The van der Waals surface area contributed by atoms with E-state index < -0.39 is 12.2 Å². The molecule has 0 unspecified atom stereocenters. The Labute approximate surface area is 211 Å². The number of methoxy groups -OCH3 is 2. The molecule has 0 fully saturated rings. The van der Waals surface area contributed by atoms with Gasteiger partial charge in [0, 0.05) is 60.5 Å². The molecule has 0 saturated heterocycles. The SMILES string of the molecule is COc1cc(OC)cc(N(CCCNC(C)(C)CF)c2ccc3ncc(-c4cnn(C)c4)nc3c2)c1. The summed E-state index contributed by atoms with van der Waals surface area (Å²) in [5.74, 6) is 1.40. The van der Waals surface area contributed by atoms with Crippen molar-refractivity contribution in [1.29, 1.82) is 0 Å². The first-order valence-electron chi connectivity index (χ1n) is 11.9. The van der Waals surface area contributed by atoms with Crippen LogP contribution in [-0.2, 0) is 7.05 Å². The largest absolute Gasteiger partial charge is 0.497 e. The van der Waals surface area contributed by atoms with E-state index in [0.717, 1.165) is 40.1 Å². The summed E-state index contributed by atoms with van der Waals surface area (Å²) in [6.45, 7) is 4.66. The van der Waals surface area contributed by atoms with E-state index in [0.29, 0.717) is 24.6 Å². The van der Waals surface area contributed by atoms with Gasteiger partial charge in [0.25, 0.3) is 0 Å². The summed E-state index contributed by atoms with van der Waals surface area (Å²) < 4.78 is 26.0. The normalized spacial score (nSPS) is 11.6. The maximum atomic E-state index is 13.2. The van der Waals surface area contributed by atoms with Gasteiger partial charge in [-0.15, -0.1) is 0 Å². The average Bonchev–Trinajstić information content (AvgIpc) is 3.33. The van der Waals surface area contributed by atoms with Crippen LogP contribution in [0.15, 0.2) is 55.0 Å². The topological polar surface area (TPSA) is 77.3 Å². The molecular weight excluding hydrogens is 459 g/mol. The predicted molar refractivity (Wildman–Crippen MR) is 141 cm³/mol. The summed E-state index contributed by atoms with van der Waals surface area (Å²) in [6, 6.07) is 11.8. The molecule has 1 N–H and O–H groups in total. The second kappa shape index (κ2) is 10.9. The molecule has 0 spiro atoms. The number of hydrogen-bond donors (Lipinski definition) is 1. The van der Waals surface area contributed by atoms with Gasteiger partial charge >= 0.3 is 0 Å². The minimum atomic E-state index is -0.550. The number of aromatic nitrogens is 4. The number of rotatable bonds is 11. The Morgan fingerprint density at radius 2 is 1.75 bits per heavy atom. The van der Waals surface area contributed by atoms with E-state index in [-0.39, 0.29) is 0 Å². The molecule has 0 aliphatic heterocycles. The van der Waals surface area contributed by atoms with Crippen molar-refractivity contribution in [2.75, 3.05) is 38.9 Å². The molecule has 0 aliphatic carbocycles. The fourth-order valence-electron chi connectivity index (χ4n) is 3.93. The van der Waals surface area contributed by atoms with Gasteiger partial charge in [-0.05, 0) is 45.0 Å². The van der Waals surface area contributed by atoms with Gasteiger partial charge in [-0.3, -0.25) is 9.67 Å². The van der Waals surface area contributed by atoms with Gasteiger partial charge in [0.2, 0.25) is 0 Å². The van der Waals surface area contributed by atoms with Crippen LogP contribution in [0.1, 0.15) is 20.3 Å². The third kappa shape index (κ3) is 5.91. The van der Waals surface area contributed by atoms with E-state index in [1.807, 2.05) is 63.5 Å². The summed E-state index contributed by atoms with van der Waals surface area (Å²) in [4.78, 5) is 11.6. The molecule has 0 saturated carbocycles. The predicted octanol–water partition coefficient (Wildman–Crippen LogP) is 4.91. The summed E-state index contributed by atoms with van der Waals surface area (Å²) in [5.41, 5.74) is 4.59. The summed E-state index contributed by atoms with van der Waals surface area (Å²) in [6.07, 6.45) is 6.26. The molecule has 4 rings (SSSR count). The lowest BCUT2D eigenvalue weighted by Crippen LogP contribution is -2.42. The van der Waals surface area contributed by atoms with Crippen LogP contribution in [-0.4, -0.2) is 59.3 Å². The van der Waals surface area contributed by atoms with Crippen molar-refractivity contribution >= 4 is 22.4 Å². The van der Waals surface area contributed by atoms with Crippen LogP contribution in [0.4, 0.5) is 15.8 Å². The first-order chi connectivity index (χ1) is 17.3. The first kappa shape index (κ1) is 25.4. The molecule has 0 bridgehead atoms. The van der Waals surface area contributed by atoms with Crippen LogP contribution >= 0.6 is 0 Å². The Bertz CT molecular complexity index is 1300. The van der Waals surface area contributed by atoms with Crippen LogP contribution in [0.25, 0.3) is 22.3 Å². The van der Waals surface area contributed by atoms with E-state index in [1.54, 1.807) is 31.3 Å². The van der Waals surface area contributed by atoms with Gasteiger partial charge < -0.3 is 19.7 Å². The molecular formula is C27H33FN6O2. The number of benzene rings is 2. The number of fused-ring (bicyclic) bond motifs is 1. The van der Waals surface area contributed by atoms with E-state index in [4.69, 9.17) is 14.5 Å². The Hall–Kier alpha value is -3.72. The second-order valence-corrected chi connectivity index (χ2v) is 9.35. The van der Waals surface area contributed by atoms with Crippen LogP contribution < -0.4 is 19.7 Å². The maximum Gasteiger partial charge on any atom is 0.124 e. The van der Waals surface area contributed by atoms with E-state index >= 15 is 0 Å². The van der Waals surface area contributed by atoms with E-state index in [1.165, 1.54) is 0 Å². The van der Waals surface area contributed by atoms with Gasteiger partial charge in [0.15, 0.2) is 0 Å². The number of anilines is 2. The number of alkyl halides is 1. The lowest BCUT2D eigenvalue weighted by atomic mass is 10.1. The summed E-state index contributed by atoms with van der Waals surface area (Å²) >= 11 is 0. The van der Waals surface area contributed by atoms with Crippen LogP contribution in [0.3, 0.4) is 0 Å². The second-order valence-electron chi connectivity index (χ2n) is 9.35. The third-order valence-corrected chi connectivity index (χ3v) is 5.98. The Balaban J connectivity index is 1.70. The lowest BCUT2D eigenvalue weighted by molar-refractivity contribution is 0.288. The zero-order valence-corrected chi connectivity index (χ0v) is 21.5. The lowest BCUT2D eigenvalue weighted by Gasteiger charge is -2.28. The number of nitrogens with zero attached hydrogens (tertiary/aromatic N) is 5. The van der Waals surface area contributed by atoms with E-state index in [2.05, 4.69) is 20.3 Å². The van der Waals surface area contributed by atoms with Gasteiger partial charge in [-0.1, -0.05) is 0 Å². The standard InChI is InChI=1S/C27H33FN6O2/c1-27(2,18-28)30-9-6-10-34(21-11-22(35-4)14-23(12-21)36-5)20-7-8-24-25(13-20)32-26(16-29-24)19-15-31-33(3)17-19/h7-8,11-17,30H,6,9-10,18H2,1-5H3. The van der Waals surface area contributed by atoms with Crippen LogP contribution in [0, 0.1) is 0 Å². The summed E-state index contributed by atoms with van der Waals surface area (Å²) in [5, 5.41) is 7.53. The van der Waals surface area contributed by atoms with Crippen molar-refractivity contribution in [3.8, 4) is 22.8 Å². The zero-order chi connectivity index (χ0) is 25.7. The highest BCUT2D eigenvalue weighted by molar-refractivity contribution is 5.82. The number of halogens is 1. The molecule has 0 aliphatic rings. The van der Waals surface area contributed by atoms with Gasteiger partial charge in [-0.25, -0.2) is 9.37 Å². The number of nitrogens with one attached hydrogen (secondary N) is 1. The van der Waals surface area contributed by atoms with E-state index in [9.17, 15) is 4.39 Å². The van der Waals surface area contributed by atoms with Crippen molar-refractivity contribution in [1.82, 2.24) is 25.1 Å². The number of ether oxygens (including phenoxy) is 2. The molecule has 0 radical (unpaired) electrons. The summed E-state index contributed by atoms with van der Waals surface area (Å²) in [7, 11) is 5.15. The number of hydrogen-bond acceptors (Lipinski definition) is 7. The monoisotopic (exact) mass is 492 g/mol. The third-order valence-electron chi connectivity index (χ3n) is 5.98. The van der Waals surface area contributed by atoms with Crippen molar-refractivity contribution < 1.29 is 13.9 Å². The maximum absolute atomic E-state index is 13.2. The molecule has 0 atom stereocenters. The average molecular weight is 493 g/mol. The highest BCUT2D eigenvalue weighted by Crippen LogP contribution is 2.34. The Morgan fingerprint density at radius 1 is 1.00 bits per heavy atom. The fourth-order valence-corrected chi connectivity index (χ4v) is 3.93. The molecule has 8 nitrogen and oxygen atoms in total. The van der Waals surface area contributed by atoms with Crippen molar-refractivity contribution in [2.45, 2.75) is 25.8 Å². The minimum absolute atomic E-state index is 0.424. The Kier molecular flexibility index (Phi) is 7.69. The molecule has 190 valence electrons. The highest BCUT2D eigenvalue weighted by Gasteiger charge is 2.18. The Morgan fingerprint density at radius 3 is 2.39 bits per heavy atom. The molecule has 4 aromatic rings.